The molecule has 0 atom stereocenters. The van der Waals surface area contributed by atoms with E-state index in [2.05, 4.69) is 0 Å². The van der Waals surface area contributed by atoms with Crippen LogP contribution in [0.4, 0.5) is 4.39 Å². The van der Waals surface area contributed by atoms with E-state index in [9.17, 15) is 14.0 Å². The third-order valence-corrected chi connectivity index (χ3v) is 3.16. The molecular weight excluding hydrogens is 261 g/mol. The van der Waals surface area contributed by atoms with Crippen LogP contribution in [0.3, 0.4) is 0 Å². The van der Waals surface area contributed by atoms with Gasteiger partial charge in [0.1, 0.15) is 11.4 Å². The zero-order valence-corrected chi connectivity index (χ0v) is 11.0. The molecule has 0 spiro atoms. The molecule has 0 saturated heterocycles. The first-order chi connectivity index (χ1) is 9.49. The predicted octanol–water partition coefficient (Wildman–Crippen LogP) is 2.24. The molecule has 2 rings (SSSR count). The van der Waals surface area contributed by atoms with Gasteiger partial charge in [-0.15, -0.1) is 0 Å². The van der Waals surface area contributed by atoms with Gasteiger partial charge in [0.15, 0.2) is 0 Å². The molecule has 4 nitrogen and oxygen atoms in total. The highest BCUT2D eigenvalue weighted by Gasteiger charge is 2.12. The number of halogens is 1. The maximum absolute atomic E-state index is 12.8. The van der Waals surface area contributed by atoms with Gasteiger partial charge < -0.3 is 9.67 Å². The van der Waals surface area contributed by atoms with Crippen molar-refractivity contribution in [1.82, 2.24) is 4.57 Å². The molecule has 0 fully saturated rings. The maximum Gasteiger partial charge on any atom is 0.341 e. The highest BCUT2D eigenvalue weighted by Crippen LogP contribution is 2.06. The Bertz CT molecular complexity index is 689. The second-order valence-corrected chi connectivity index (χ2v) is 4.53. The van der Waals surface area contributed by atoms with Gasteiger partial charge >= 0.3 is 5.97 Å². The van der Waals surface area contributed by atoms with E-state index in [1.165, 1.54) is 22.8 Å². The fourth-order valence-electron chi connectivity index (χ4n) is 2.00. The minimum Gasteiger partial charge on any atom is -0.477 e. The summed E-state index contributed by atoms with van der Waals surface area (Å²) in [6, 6.07) is 8.94. The number of carboxylic acid groups (broad SMARTS) is 1. The molecular formula is C15H14FNO3. The monoisotopic (exact) mass is 275 g/mol. The number of hydrogen-bond acceptors (Lipinski definition) is 2. The molecule has 0 aliphatic rings. The Kier molecular flexibility index (Phi) is 3.98. The van der Waals surface area contributed by atoms with Gasteiger partial charge in [-0.1, -0.05) is 12.1 Å². The molecule has 0 aliphatic carbocycles. The number of aromatic nitrogens is 1. The fraction of sp³-hybridized carbons (Fsp3) is 0.200. The standard InChI is InChI=1S/C15H14FNO3/c1-10-2-7-13(15(19)20)14(18)17(10)9-8-11-3-5-12(16)6-4-11/h2-7H,8-9H2,1H3,(H,19,20). The van der Waals surface area contributed by atoms with Crippen molar-refractivity contribution in [3.8, 4) is 0 Å². The molecule has 20 heavy (non-hydrogen) atoms. The molecule has 5 heteroatoms. The van der Waals surface area contributed by atoms with Crippen LogP contribution in [0.15, 0.2) is 41.2 Å². The average Bonchev–Trinajstić information content (AvgIpc) is 2.40. The van der Waals surface area contributed by atoms with E-state index in [0.717, 1.165) is 5.56 Å². The summed E-state index contributed by atoms with van der Waals surface area (Å²) in [6.07, 6.45) is 0.532. The zero-order chi connectivity index (χ0) is 14.7. The van der Waals surface area contributed by atoms with Crippen LogP contribution in [0.25, 0.3) is 0 Å². The second-order valence-electron chi connectivity index (χ2n) is 4.53. The number of hydrogen-bond donors (Lipinski definition) is 1. The first kappa shape index (κ1) is 14.0. The molecule has 0 bridgehead atoms. The number of carboxylic acids is 1. The molecule has 0 amide bonds. The van der Waals surface area contributed by atoms with E-state index in [1.54, 1.807) is 25.1 Å². The number of pyridine rings is 1. The fourth-order valence-corrected chi connectivity index (χ4v) is 2.00. The van der Waals surface area contributed by atoms with Crippen LogP contribution in [-0.4, -0.2) is 15.6 Å². The van der Waals surface area contributed by atoms with Crippen molar-refractivity contribution < 1.29 is 14.3 Å². The Morgan fingerprint density at radius 1 is 1.20 bits per heavy atom. The smallest absolute Gasteiger partial charge is 0.341 e. The average molecular weight is 275 g/mol. The van der Waals surface area contributed by atoms with Crippen molar-refractivity contribution in [1.29, 1.82) is 0 Å². The Morgan fingerprint density at radius 3 is 2.45 bits per heavy atom. The van der Waals surface area contributed by atoms with Gasteiger partial charge in [0.25, 0.3) is 5.56 Å². The SMILES string of the molecule is Cc1ccc(C(=O)O)c(=O)n1CCc1ccc(F)cc1. The normalized spacial score (nSPS) is 10.5. The van der Waals surface area contributed by atoms with Gasteiger partial charge in [0, 0.05) is 12.2 Å². The van der Waals surface area contributed by atoms with Gasteiger partial charge in [0.05, 0.1) is 0 Å². The lowest BCUT2D eigenvalue weighted by atomic mass is 10.1. The summed E-state index contributed by atoms with van der Waals surface area (Å²) in [5, 5.41) is 8.94. The molecule has 1 N–H and O–H groups in total. The first-order valence-corrected chi connectivity index (χ1v) is 6.17. The number of benzene rings is 1. The van der Waals surface area contributed by atoms with E-state index < -0.39 is 11.5 Å². The van der Waals surface area contributed by atoms with Gasteiger partial charge in [-0.05, 0) is 43.2 Å². The molecule has 0 aliphatic heterocycles. The van der Waals surface area contributed by atoms with Crippen LogP contribution >= 0.6 is 0 Å². The summed E-state index contributed by atoms with van der Waals surface area (Å²) in [5.41, 5.74) is 0.829. The van der Waals surface area contributed by atoms with Crippen LogP contribution in [0.2, 0.25) is 0 Å². The van der Waals surface area contributed by atoms with E-state index in [1.807, 2.05) is 0 Å². The molecule has 0 saturated carbocycles. The summed E-state index contributed by atoms with van der Waals surface area (Å²) in [5.74, 6) is -1.54. The predicted molar refractivity (Wildman–Crippen MR) is 72.5 cm³/mol. The van der Waals surface area contributed by atoms with Crippen LogP contribution in [-0.2, 0) is 13.0 Å². The topological polar surface area (TPSA) is 59.3 Å². The minimum atomic E-state index is -1.23. The Labute approximate surface area is 115 Å². The van der Waals surface area contributed by atoms with Crippen molar-refractivity contribution in [3.63, 3.8) is 0 Å². The summed E-state index contributed by atoms with van der Waals surface area (Å²) < 4.78 is 14.2. The third-order valence-electron chi connectivity index (χ3n) is 3.16. The lowest BCUT2D eigenvalue weighted by Gasteiger charge is -2.10. The molecule has 1 aromatic heterocycles. The second kappa shape index (κ2) is 5.69. The lowest BCUT2D eigenvalue weighted by Crippen LogP contribution is -2.28. The molecule has 0 unspecified atom stereocenters. The number of carbonyl (C=O) groups is 1. The summed E-state index contributed by atoms with van der Waals surface area (Å²) >= 11 is 0. The van der Waals surface area contributed by atoms with Crippen molar-refractivity contribution >= 4 is 5.97 Å². The van der Waals surface area contributed by atoms with Gasteiger partial charge in [-0.3, -0.25) is 4.79 Å². The van der Waals surface area contributed by atoms with Crippen LogP contribution in [0.1, 0.15) is 21.6 Å². The first-order valence-electron chi connectivity index (χ1n) is 6.17. The Balaban J connectivity index is 2.25. The highest BCUT2D eigenvalue weighted by atomic mass is 19.1. The highest BCUT2D eigenvalue weighted by molar-refractivity contribution is 5.87. The van der Waals surface area contributed by atoms with E-state index >= 15 is 0 Å². The lowest BCUT2D eigenvalue weighted by molar-refractivity contribution is 0.0694. The number of aromatic carboxylic acids is 1. The number of rotatable bonds is 4. The Hall–Kier alpha value is -2.43. The molecule has 0 radical (unpaired) electrons. The van der Waals surface area contributed by atoms with Crippen molar-refractivity contribution in [2.75, 3.05) is 0 Å². The van der Waals surface area contributed by atoms with E-state index in [0.29, 0.717) is 18.7 Å². The quantitative estimate of drug-likeness (QED) is 0.931. The maximum atomic E-state index is 12.8. The van der Waals surface area contributed by atoms with E-state index in [4.69, 9.17) is 5.11 Å². The zero-order valence-electron chi connectivity index (χ0n) is 11.0. The largest absolute Gasteiger partial charge is 0.477 e. The van der Waals surface area contributed by atoms with Gasteiger partial charge in [0.2, 0.25) is 0 Å². The minimum absolute atomic E-state index is 0.241. The van der Waals surface area contributed by atoms with Crippen molar-refractivity contribution in [2.45, 2.75) is 19.9 Å². The summed E-state index contributed by atoms with van der Waals surface area (Å²) in [7, 11) is 0. The number of nitrogens with zero attached hydrogens (tertiary/aromatic N) is 1. The molecule has 104 valence electrons. The van der Waals surface area contributed by atoms with Gasteiger partial charge in [-0.25, -0.2) is 9.18 Å². The summed E-state index contributed by atoms with van der Waals surface area (Å²) in [4.78, 5) is 23.0. The molecule has 2 aromatic rings. The molecule has 1 heterocycles. The van der Waals surface area contributed by atoms with Crippen LogP contribution in [0, 0.1) is 12.7 Å². The van der Waals surface area contributed by atoms with Crippen LogP contribution < -0.4 is 5.56 Å². The van der Waals surface area contributed by atoms with Crippen LogP contribution in [0.5, 0.6) is 0 Å². The van der Waals surface area contributed by atoms with Crippen molar-refractivity contribution in [2.24, 2.45) is 0 Å². The third kappa shape index (κ3) is 2.93. The van der Waals surface area contributed by atoms with E-state index in [-0.39, 0.29) is 11.4 Å². The van der Waals surface area contributed by atoms with Crippen molar-refractivity contribution in [3.05, 3.63) is 69.4 Å². The van der Waals surface area contributed by atoms with Gasteiger partial charge in [-0.2, -0.15) is 0 Å². The molecule has 1 aromatic carbocycles. The number of aryl methyl sites for hydroxylation is 2. The Morgan fingerprint density at radius 2 is 1.85 bits per heavy atom. The summed E-state index contributed by atoms with van der Waals surface area (Å²) in [6.45, 7) is 2.11.